The molecule has 0 spiro atoms. The third kappa shape index (κ3) is 2.63. The fourth-order valence-electron chi connectivity index (χ4n) is 2.03. The minimum absolute atomic E-state index is 0.511. The lowest BCUT2D eigenvalue weighted by molar-refractivity contribution is 0.589. The highest BCUT2D eigenvalue weighted by molar-refractivity contribution is 5.76. The van der Waals surface area contributed by atoms with Gasteiger partial charge in [0.05, 0.1) is 0 Å². The average Bonchev–Trinajstić information content (AvgIpc) is 2.88. The Morgan fingerprint density at radius 3 is 2.65 bits per heavy atom. The molecule has 3 nitrogen and oxygen atoms in total. The first kappa shape index (κ1) is 12.6. The maximum Gasteiger partial charge on any atom is 0.220 e. The summed E-state index contributed by atoms with van der Waals surface area (Å²) in [7, 11) is 0. The zero-order chi connectivity index (χ0) is 13.9. The average molecular weight is 264 g/mol. The second-order valence-electron chi connectivity index (χ2n) is 4.80. The summed E-state index contributed by atoms with van der Waals surface area (Å²) in [5, 5.41) is 0. The number of hydrogen-bond acceptors (Lipinski definition) is 3. The number of benzene rings is 2. The van der Waals surface area contributed by atoms with Gasteiger partial charge in [0, 0.05) is 12.6 Å². The van der Waals surface area contributed by atoms with Gasteiger partial charge in [-0.1, -0.05) is 35.9 Å². The second kappa shape index (κ2) is 5.31. The van der Waals surface area contributed by atoms with Gasteiger partial charge in [-0.25, -0.2) is 4.98 Å². The molecule has 0 radical (unpaired) electrons. The lowest BCUT2D eigenvalue weighted by atomic mass is 10.1. The predicted molar refractivity (Wildman–Crippen MR) is 82.0 cm³/mol. The van der Waals surface area contributed by atoms with E-state index in [9.17, 15) is 0 Å². The number of aromatic nitrogens is 1. The molecule has 0 atom stereocenters. The Bertz CT molecular complexity index is 754. The molecule has 20 heavy (non-hydrogen) atoms. The summed E-state index contributed by atoms with van der Waals surface area (Å²) in [6.45, 7) is 2.58. The van der Waals surface area contributed by atoms with Crippen molar-refractivity contribution in [2.75, 3.05) is 0 Å². The van der Waals surface area contributed by atoms with Crippen LogP contribution in [0, 0.1) is 6.92 Å². The fraction of sp³-hybridized carbons (Fsp3) is 0.118. The minimum Gasteiger partial charge on any atom is -0.437 e. The topological polar surface area (TPSA) is 52.0 Å². The standard InChI is InChI=1S/C17H16N2O/c1-12-2-4-13(5-3-12)7-9-17-19-15-10-14(11-18)6-8-16(15)20-17/h2-10H,11,18H2,1H3/b9-7+. The van der Waals surface area contributed by atoms with Crippen LogP contribution >= 0.6 is 0 Å². The van der Waals surface area contributed by atoms with Gasteiger partial charge in [-0.05, 0) is 36.3 Å². The molecule has 3 heteroatoms. The molecule has 0 fully saturated rings. The van der Waals surface area contributed by atoms with Crippen LogP contribution in [0.25, 0.3) is 23.3 Å². The van der Waals surface area contributed by atoms with Gasteiger partial charge < -0.3 is 10.2 Å². The highest BCUT2D eigenvalue weighted by atomic mass is 16.3. The summed E-state index contributed by atoms with van der Waals surface area (Å²) in [5.41, 5.74) is 10.7. The summed E-state index contributed by atoms with van der Waals surface area (Å²) >= 11 is 0. The number of nitrogens with zero attached hydrogens (tertiary/aromatic N) is 1. The maximum absolute atomic E-state index is 5.67. The van der Waals surface area contributed by atoms with Crippen LogP contribution in [-0.2, 0) is 6.54 Å². The summed E-state index contributed by atoms with van der Waals surface area (Å²) in [6, 6.07) is 14.1. The number of oxazole rings is 1. The Labute approximate surface area is 117 Å². The van der Waals surface area contributed by atoms with Gasteiger partial charge in [0.2, 0.25) is 5.89 Å². The lowest BCUT2D eigenvalue weighted by Gasteiger charge is -1.93. The summed E-state index contributed by atoms with van der Waals surface area (Å²) in [5.74, 6) is 0.606. The first-order valence-corrected chi connectivity index (χ1v) is 6.59. The molecule has 0 unspecified atom stereocenters. The van der Waals surface area contributed by atoms with Crippen molar-refractivity contribution in [1.29, 1.82) is 0 Å². The summed E-state index contributed by atoms with van der Waals surface area (Å²) < 4.78 is 5.67. The molecule has 0 amide bonds. The molecular weight excluding hydrogens is 248 g/mol. The van der Waals surface area contributed by atoms with Gasteiger partial charge in [0.25, 0.3) is 0 Å². The summed E-state index contributed by atoms with van der Waals surface area (Å²) in [6.07, 6.45) is 3.88. The van der Waals surface area contributed by atoms with E-state index in [-0.39, 0.29) is 0 Å². The molecular formula is C17H16N2O. The number of rotatable bonds is 3. The largest absolute Gasteiger partial charge is 0.437 e. The first-order chi connectivity index (χ1) is 9.74. The van der Waals surface area contributed by atoms with Crippen molar-refractivity contribution in [2.24, 2.45) is 5.73 Å². The fourth-order valence-corrected chi connectivity index (χ4v) is 2.03. The van der Waals surface area contributed by atoms with Crippen molar-refractivity contribution >= 4 is 23.3 Å². The van der Waals surface area contributed by atoms with E-state index in [4.69, 9.17) is 10.2 Å². The minimum atomic E-state index is 0.511. The van der Waals surface area contributed by atoms with Crippen molar-refractivity contribution in [2.45, 2.75) is 13.5 Å². The Morgan fingerprint density at radius 2 is 1.90 bits per heavy atom. The third-order valence-electron chi connectivity index (χ3n) is 3.20. The number of aryl methyl sites for hydroxylation is 1. The number of hydrogen-bond donors (Lipinski definition) is 1. The molecule has 1 aromatic heterocycles. The molecule has 0 aliphatic heterocycles. The van der Waals surface area contributed by atoms with Crippen molar-refractivity contribution in [3.05, 3.63) is 65.0 Å². The molecule has 3 rings (SSSR count). The van der Waals surface area contributed by atoms with E-state index in [0.29, 0.717) is 12.4 Å². The Hall–Kier alpha value is -2.39. The second-order valence-corrected chi connectivity index (χ2v) is 4.80. The van der Waals surface area contributed by atoms with Gasteiger partial charge in [-0.2, -0.15) is 0 Å². The zero-order valence-electron chi connectivity index (χ0n) is 11.3. The molecule has 2 aromatic carbocycles. The van der Waals surface area contributed by atoms with Crippen molar-refractivity contribution < 1.29 is 4.42 Å². The van der Waals surface area contributed by atoms with Crippen LogP contribution < -0.4 is 5.73 Å². The molecule has 0 aliphatic rings. The molecule has 1 heterocycles. The normalized spacial score (nSPS) is 11.5. The van der Waals surface area contributed by atoms with Crippen LogP contribution in [-0.4, -0.2) is 4.98 Å². The van der Waals surface area contributed by atoms with Crippen LogP contribution in [0.1, 0.15) is 22.6 Å². The lowest BCUT2D eigenvalue weighted by Crippen LogP contribution is -1.94. The van der Waals surface area contributed by atoms with E-state index >= 15 is 0 Å². The molecule has 3 aromatic rings. The highest BCUT2D eigenvalue weighted by Gasteiger charge is 2.03. The SMILES string of the molecule is Cc1ccc(/C=C/c2nc3cc(CN)ccc3o2)cc1. The van der Waals surface area contributed by atoms with Crippen molar-refractivity contribution in [3.63, 3.8) is 0 Å². The van der Waals surface area contributed by atoms with Gasteiger partial charge in [0.15, 0.2) is 5.58 Å². The number of fused-ring (bicyclic) bond motifs is 1. The monoisotopic (exact) mass is 264 g/mol. The van der Waals surface area contributed by atoms with Crippen LogP contribution in [0.4, 0.5) is 0 Å². The van der Waals surface area contributed by atoms with Crippen molar-refractivity contribution in [1.82, 2.24) is 4.98 Å². The van der Waals surface area contributed by atoms with E-state index in [2.05, 4.69) is 36.2 Å². The Kier molecular flexibility index (Phi) is 3.35. The van der Waals surface area contributed by atoms with Gasteiger partial charge in [0.1, 0.15) is 5.52 Å². The molecule has 0 saturated heterocycles. The van der Waals surface area contributed by atoms with Crippen LogP contribution in [0.5, 0.6) is 0 Å². The smallest absolute Gasteiger partial charge is 0.220 e. The van der Waals surface area contributed by atoms with E-state index < -0.39 is 0 Å². The predicted octanol–water partition coefficient (Wildman–Crippen LogP) is 3.77. The Morgan fingerprint density at radius 1 is 1.10 bits per heavy atom. The highest BCUT2D eigenvalue weighted by Crippen LogP contribution is 2.18. The van der Waals surface area contributed by atoms with Crippen LogP contribution in [0.2, 0.25) is 0 Å². The molecule has 0 bridgehead atoms. The quantitative estimate of drug-likeness (QED) is 0.783. The van der Waals surface area contributed by atoms with E-state index in [1.807, 2.05) is 30.4 Å². The zero-order valence-corrected chi connectivity index (χ0v) is 11.3. The number of nitrogens with two attached hydrogens (primary N) is 1. The van der Waals surface area contributed by atoms with E-state index in [1.165, 1.54) is 5.56 Å². The van der Waals surface area contributed by atoms with E-state index in [1.54, 1.807) is 0 Å². The third-order valence-corrected chi connectivity index (χ3v) is 3.20. The van der Waals surface area contributed by atoms with Crippen molar-refractivity contribution in [3.8, 4) is 0 Å². The Balaban J connectivity index is 1.88. The van der Waals surface area contributed by atoms with E-state index in [0.717, 1.165) is 22.2 Å². The van der Waals surface area contributed by atoms with Gasteiger partial charge in [-0.15, -0.1) is 0 Å². The van der Waals surface area contributed by atoms with Crippen LogP contribution in [0.15, 0.2) is 46.9 Å². The molecule has 0 saturated carbocycles. The first-order valence-electron chi connectivity index (χ1n) is 6.59. The van der Waals surface area contributed by atoms with Gasteiger partial charge >= 0.3 is 0 Å². The molecule has 2 N–H and O–H groups in total. The summed E-state index contributed by atoms with van der Waals surface area (Å²) in [4.78, 5) is 4.44. The molecule has 100 valence electrons. The van der Waals surface area contributed by atoms with Crippen LogP contribution in [0.3, 0.4) is 0 Å². The molecule has 0 aliphatic carbocycles. The van der Waals surface area contributed by atoms with Gasteiger partial charge in [-0.3, -0.25) is 0 Å². The maximum atomic E-state index is 5.67.